The fourth-order valence-electron chi connectivity index (χ4n) is 2.75. The van der Waals surface area contributed by atoms with Crippen LogP contribution >= 0.6 is 0 Å². The van der Waals surface area contributed by atoms with Gasteiger partial charge in [0.15, 0.2) is 0 Å². The summed E-state index contributed by atoms with van der Waals surface area (Å²) in [7, 11) is 0. The molecule has 3 rings (SSSR count). The Morgan fingerprint density at radius 3 is 2.70 bits per heavy atom. The van der Waals surface area contributed by atoms with Crippen molar-refractivity contribution in [2.75, 3.05) is 11.9 Å². The number of pyridine rings is 1. The van der Waals surface area contributed by atoms with Crippen molar-refractivity contribution < 1.29 is 9.50 Å². The number of hydrogen-bond acceptors (Lipinski definition) is 3. The highest BCUT2D eigenvalue weighted by Crippen LogP contribution is 2.25. The molecular weight excluding hydrogens is 291 g/mol. The first-order chi connectivity index (χ1) is 11.0. The average Bonchev–Trinajstić information content (AvgIpc) is 2.53. The SMILES string of the molecule is Cc1cc(NCC(O)c2ccccc2C)c2cc(F)ccc2n1. The third kappa shape index (κ3) is 3.32. The third-order valence-electron chi connectivity index (χ3n) is 3.93. The van der Waals surface area contributed by atoms with Crippen molar-refractivity contribution in [3.63, 3.8) is 0 Å². The maximum atomic E-state index is 13.5. The van der Waals surface area contributed by atoms with Gasteiger partial charge in [-0.15, -0.1) is 0 Å². The number of nitrogens with zero attached hydrogens (tertiary/aromatic N) is 1. The largest absolute Gasteiger partial charge is 0.387 e. The fraction of sp³-hybridized carbons (Fsp3) is 0.211. The van der Waals surface area contributed by atoms with Crippen LogP contribution in [-0.2, 0) is 0 Å². The summed E-state index contributed by atoms with van der Waals surface area (Å²) in [5.74, 6) is -0.300. The molecule has 0 saturated heterocycles. The Morgan fingerprint density at radius 1 is 1.13 bits per heavy atom. The molecule has 3 nitrogen and oxygen atoms in total. The number of aliphatic hydroxyl groups is 1. The number of aliphatic hydroxyl groups excluding tert-OH is 1. The Labute approximate surface area is 134 Å². The maximum Gasteiger partial charge on any atom is 0.124 e. The van der Waals surface area contributed by atoms with Gasteiger partial charge in [-0.05, 0) is 49.2 Å². The van der Waals surface area contributed by atoms with Gasteiger partial charge < -0.3 is 10.4 Å². The second-order valence-corrected chi connectivity index (χ2v) is 5.73. The lowest BCUT2D eigenvalue weighted by atomic mass is 10.0. The van der Waals surface area contributed by atoms with Gasteiger partial charge in [0.25, 0.3) is 0 Å². The number of aromatic nitrogens is 1. The van der Waals surface area contributed by atoms with Crippen LogP contribution in [0.1, 0.15) is 22.9 Å². The normalized spacial score (nSPS) is 12.3. The molecule has 0 aliphatic rings. The molecule has 2 N–H and O–H groups in total. The van der Waals surface area contributed by atoms with E-state index in [-0.39, 0.29) is 5.82 Å². The molecule has 23 heavy (non-hydrogen) atoms. The molecule has 4 heteroatoms. The monoisotopic (exact) mass is 310 g/mol. The number of aryl methyl sites for hydroxylation is 2. The maximum absolute atomic E-state index is 13.5. The zero-order chi connectivity index (χ0) is 16.4. The number of nitrogens with one attached hydrogen (secondary N) is 1. The van der Waals surface area contributed by atoms with Crippen molar-refractivity contribution in [3.8, 4) is 0 Å². The second-order valence-electron chi connectivity index (χ2n) is 5.73. The van der Waals surface area contributed by atoms with E-state index in [1.54, 1.807) is 6.07 Å². The quantitative estimate of drug-likeness (QED) is 0.761. The van der Waals surface area contributed by atoms with Crippen molar-refractivity contribution in [1.29, 1.82) is 0 Å². The minimum absolute atomic E-state index is 0.300. The smallest absolute Gasteiger partial charge is 0.124 e. The highest BCUT2D eigenvalue weighted by molar-refractivity contribution is 5.91. The van der Waals surface area contributed by atoms with Crippen molar-refractivity contribution >= 4 is 16.6 Å². The van der Waals surface area contributed by atoms with E-state index in [1.165, 1.54) is 12.1 Å². The van der Waals surface area contributed by atoms with Crippen LogP contribution in [0.25, 0.3) is 10.9 Å². The minimum atomic E-state index is -0.631. The Bertz CT molecular complexity index is 848. The number of halogens is 1. The van der Waals surface area contributed by atoms with Gasteiger partial charge in [-0.2, -0.15) is 0 Å². The van der Waals surface area contributed by atoms with E-state index in [9.17, 15) is 9.50 Å². The average molecular weight is 310 g/mol. The summed E-state index contributed by atoms with van der Waals surface area (Å²) < 4.78 is 13.5. The number of hydrogen-bond donors (Lipinski definition) is 2. The summed E-state index contributed by atoms with van der Waals surface area (Å²) in [4.78, 5) is 4.41. The van der Waals surface area contributed by atoms with Gasteiger partial charge in [0.05, 0.1) is 11.6 Å². The van der Waals surface area contributed by atoms with Gasteiger partial charge in [0.1, 0.15) is 5.82 Å². The third-order valence-corrected chi connectivity index (χ3v) is 3.93. The van der Waals surface area contributed by atoms with Crippen LogP contribution in [0.3, 0.4) is 0 Å². The van der Waals surface area contributed by atoms with Crippen molar-refractivity contribution in [3.05, 3.63) is 71.2 Å². The summed E-state index contributed by atoms with van der Waals surface area (Å²) in [5, 5.41) is 14.3. The van der Waals surface area contributed by atoms with Crippen LogP contribution in [0.2, 0.25) is 0 Å². The molecule has 1 heterocycles. The molecule has 1 aromatic heterocycles. The van der Waals surface area contributed by atoms with Gasteiger partial charge in [-0.3, -0.25) is 4.98 Å². The molecule has 0 radical (unpaired) electrons. The van der Waals surface area contributed by atoms with Gasteiger partial charge in [0, 0.05) is 23.3 Å². The molecule has 0 amide bonds. The first-order valence-corrected chi connectivity index (χ1v) is 7.59. The van der Waals surface area contributed by atoms with E-state index in [2.05, 4.69) is 10.3 Å². The summed E-state index contributed by atoms with van der Waals surface area (Å²) >= 11 is 0. The van der Waals surface area contributed by atoms with Gasteiger partial charge in [-0.1, -0.05) is 24.3 Å². The molecule has 0 aliphatic heterocycles. The van der Waals surface area contributed by atoms with E-state index in [1.807, 2.05) is 44.2 Å². The van der Waals surface area contributed by atoms with Crippen LogP contribution in [0.4, 0.5) is 10.1 Å². The number of benzene rings is 2. The summed E-state index contributed by atoms with van der Waals surface area (Å²) in [6.07, 6.45) is -0.631. The first-order valence-electron chi connectivity index (χ1n) is 7.59. The molecule has 1 unspecified atom stereocenters. The van der Waals surface area contributed by atoms with Crippen molar-refractivity contribution in [2.24, 2.45) is 0 Å². The van der Waals surface area contributed by atoms with Crippen molar-refractivity contribution in [2.45, 2.75) is 20.0 Å². The van der Waals surface area contributed by atoms with Gasteiger partial charge >= 0.3 is 0 Å². The standard InChI is InChI=1S/C19H19FN2O/c1-12-5-3-4-6-15(12)19(23)11-21-18-9-13(2)22-17-8-7-14(20)10-16(17)18/h3-10,19,23H,11H2,1-2H3,(H,21,22). The zero-order valence-corrected chi connectivity index (χ0v) is 13.2. The van der Waals surface area contributed by atoms with E-state index in [4.69, 9.17) is 0 Å². The highest BCUT2D eigenvalue weighted by atomic mass is 19.1. The van der Waals surface area contributed by atoms with E-state index < -0.39 is 6.10 Å². The number of fused-ring (bicyclic) bond motifs is 1. The Balaban J connectivity index is 1.87. The predicted molar refractivity (Wildman–Crippen MR) is 91.1 cm³/mol. The lowest BCUT2D eigenvalue weighted by molar-refractivity contribution is 0.191. The topological polar surface area (TPSA) is 45.1 Å². The molecule has 0 spiro atoms. The molecule has 1 atom stereocenters. The van der Waals surface area contributed by atoms with Crippen LogP contribution in [0, 0.1) is 19.7 Å². The molecule has 0 saturated carbocycles. The highest BCUT2D eigenvalue weighted by Gasteiger charge is 2.11. The second kappa shape index (κ2) is 6.34. The molecule has 0 bridgehead atoms. The van der Waals surface area contributed by atoms with Crippen LogP contribution in [-0.4, -0.2) is 16.6 Å². The van der Waals surface area contributed by atoms with Crippen LogP contribution in [0.5, 0.6) is 0 Å². The summed E-state index contributed by atoms with van der Waals surface area (Å²) in [6.45, 7) is 4.21. The van der Waals surface area contributed by atoms with Crippen LogP contribution in [0.15, 0.2) is 48.5 Å². The minimum Gasteiger partial charge on any atom is -0.387 e. The predicted octanol–water partition coefficient (Wildman–Crippen LogP) is 4.14. The molecular formula is C19H19FN2O. The lowest BCUT2D eigenvalue weighted by Gasteiger charge is -2.16. The van der Waals surface area contributed by atoms with Crippen LogP contribution < -0.4 is 5.32 Å². The Kier molecular flexibility index (Phi) is 4.26. The Morgan fingerprint density at radius 2 is 1.91 bits per heavy atom. The number of anilines is 1. The number of rotatable bonds is 4. The van der Waals surface area contributed by atoms with Gasteiger partial charge in [-0.25, -0.2) is 4.39 Å². The van der Waals surface area contributed by atoms with E-state index >= 15 is 0 Å². The Hall–Kier alpha value is -2.46. The molecule has 118 valence electrons. The first kappa shape index (κ1) is 15.4. The molecule has 3 aromatic rings. The summed E-state index contributed by atoms with van der Waals surface area (Å²) in [6, 6.07) is 14.1. The molecule has 0 fully saturated rings. The molecule has 0 aliphatic carbocycles. The fourth-order valence-corrected chi connectivity index (χ4v) is 2.75. The van der Waals surface area contributed by atoms with Crippen molar-refractivity contribution in [1.82, 2.24) is 4.98 Å². The molecule has 2 aromatic carbocycles. The van der Waals surface area contributed by atoms with E-state index in [0.717, 1.165) is 28.0 Å². The van der Waals surface area contributed by atoms with E-state index in [0.29, 0.717) is 11.9 Å². The summed E-state index contributed by atoms with van der Waals surface area (Å²) in [5.41, 5.74) is 4.29. The lowest BCUT2D eigenvalue weighted by Crippen LogP contribution is -2.13. The zero-order valence-electron chi connectivity index (χ0n) is 13.2. The van der Waals surface area contributed by atoms with Gasteiger partial charge in [0.2, 0.25) is 0 Å².